The van der Waals surface area contributed by atoms with E-state index < -0.39 is 17.4 Å². The zero-order chi connectivity index (χ0) is 16.6. The number of aryl methyl sites for hydroxylation is 2. The summed E-state index contributed by atoms with van der Waals surface area (Å²) in [7, 11) is 0. The van der Waals surface area contributed by atoms with Crippen LogP contribution in [0.1, 0.15) is 18.2 Å². The van der Waals surface area contributed by atoms with Gasteiger partial charge in [-0.2, -0.15) is 0 Å². The molecule has 0 fully saturated rings. The van der Waals surface area contributed by atoms with Crippen LogP contribution in [0.15, 0.2) is 30.5 Å². The fourth-order valence-corrected chi connectivity index (χ4v) is 2.22. The molecule has 0 spiro atoms. The molecule has 1 atom stereocenters. The van der Waals surface area contributed by atoms with E-state index in [2.05, 4.69) is 20.6 Å². The summed E-state index contributed by atoms with van der Waals surface area (Å²) in [6.07, 6.45) is 1.53. The van der Waals surface area contributed by atoms with E-state index in [-0.39, 0.29) is 5.95 Å². The summed E-state index contributed by atoms with van der Waals surface area (Å²) in [6, 6.07) is 7.06. The lowest BCUT2D eigenvalue weighted by atomic mass is 10.0. The van der Waals surface area contributed by atoms with Crippen LogP contribution in [0.3, 0.4) is 0 Å². The number of nitrogens with zero attached hydrogens (tertiary/aromatic N) is 2. The molecule has 0 saturated heterocycles. The zero-order valence-corrected chi connectivity index (χ0v) is 13.0. The third-order valence-electron chi connectivity index (χ3n) is 3.58. The molecule has 0 bridgehead atoms. The van der Waals surface area contributed by atoms with Crippen LogP contribution in [0.25, 0.3) is 0 Å². The lowest BCUT2D eigenvalue weighted by Gasteiger charge is -2.33. The summed E-state index contributed by atoms with van der Waals surface area (Å²) >= 11 is 0. The van der Waals surface area contributed by atoms with E-state index in [0.717, 1.165) is 5.56 Å². The molecule has 1 aromatic heterocycles. The topological polar surface area (TPSA) is 93.2 Å². The van der Waals surface area contributed by atoms with Gasteiger partial charge in [0.25, 0.3) is 17.4 Å². The van der Waals surface area contributed by atoms with E-state index in [1.54, 1.807) is 25.1 Å². The van der Waals surface area contributed by atoms with E-state index in [0.29, 0.717) is 17.1 Å². The second kappa shape index (κ2) is 5.35. The van der Waals surface area contributed by atoms with Crippen molar-refractivity contribution in [3.05, 3.63) is 41.7 Å². The average molecular weight is 312 g/mol. The SMILES string of the molecule is Cc1ccc2c(c1)NC(=O)C(C)(C(=O)Nc1nccc(C)n1)O2. The minimum absolute atomic E-state index is 0.127. The molecular formula is C16H16N4O3. The summed E-state index contributed by atoms with van der Waals surface area (Å²) in [6.45, 7) is 5.10. The van der Waals surface area contributed by atoms with Crippen molar-refractivity contribution in [3.63, 3.8) is 0 Å². The van der Waals surface area contributed by atoms with Crippen molar-refractivity contribution in [2.24, 2.45) is 0 Å². The summed E-state index contributed by atoms with van der Waals surface area (Å²) in [4.78, 5) is 32.9. The van der Waals surface area contributed by atoms with Crippen LogP contribution >= 0.6 is 0 Å². The van der Waals surface area contributed by atoms with Crippen LogP contribution in [0.4, 0.5) is 11.6 Å². The number of hydrogen-bond acceptors (Lipinski definition) is 5. The predicted octanol–water partition coefficient (Wildman–Crippen LogP) is 1.82. The number of rotatable bonds is 2. The lowest BCUT2D eigenvalue weighted by molar-refractivity contribution is -0.143. The van der Waals surface area contributed by atoms with Crippen molar-refractivity contribution in [1.29, 1.82) is 0 Å². The molecule has 0 radical (unpaired) electrons. The molecule has 3 rings (SSSR count). The molecule has 23 heavy (non-hydrogen) atoms. The van der Waals surface area contributed by atoms with Gasteiger partial charge in [-0.3, -0.25) is 14.9 Å². The number of anilines is 2. The minimum atomic E-state index is -1.70. The van der Waals surface area contributed by atoms with Gasteiger partial charge in [-0.1, -0.05) is 6.07 Å². The molecule has 7 heteroatoms. The number of hydrogen-bond donors (Lipinski definition) is 2. The Hall–Kier alpha value is -2.96. The normalized spacial score (nSPS) is 19.3. The lowest BCUT2D eigenvalue weighted by Crippen LogP contribution is -2.56. The van der Waals surface area contributed by atoms with Crippen molar-refractivity contribution in [3.8, 4) is 5.75 Å². The van der Waals surface area contributed by atoms with Crippen molar-refractivity contribution < 1.29 is 14.3 Å². The fourth-order valence-electron chi connectivity index (χ4n) is 2.22. The molecule has 2 aromatic rings. The van der Waals surface area contributed by atoms with E-state index in [4.69, 9.17) is 4.74 Å². The Morgan fingerprint density at radius 1 is 1.30 bits per heavy atom. The first kappa shape index (κ1) is 15.0. The molecule has 2 N–H and O–H groups in total. The van der Waals surface area contributed by atoms with Crippen LogP contribution in [-0.4, -0.2) is 27.4 Å². The standard InChI is InChI=1S/C16H16N4O3/c1-9-4-5-12-11(8-9)19-13(21)16(3,23-12)14(22)20-15-17-7-6-10(2)18-15/h4-8H,1-3H3,(H,19,21)(H,17,18,20,22). The van der Waals surface area contributed by atoms with Crippen LogP contribution in [0.2, 0.25) is 0 Å². The maximum atomic E-state index is 12.5. The summed E-state index contributed by atoms with van der Waals surface area (Å²) in [5, 5.41) is 5.22. The molecule has 2 amide bonds. The molecule has 1 unspecified atom stereocenters. The highest BCUT2D eigenvalue weighted by Crippen LogP contribution is 2.34. The minimum Gasteiger partial charge on any atom is -0.466 e. The van der Waals surface area contributed by atoms with Crippen molar-refractivity contribution in [2.75, 3.05) is 10.6 Å². The molecule has 118 valence electrons. The van der Waals surface area contributed by atoms with Crippen LogP contribution in [0, 0.1) is 13.8 Å². The number of carbonyl (C=O) groups excluding carboxylic acids is 2. The number of carbonyl (C=O) groups is 2. The first-order valence-corrected chi connectivity index (χ1v) is 7.11. The van der Waals surface area contributed by atoms with Gasteiger partial charge in [0.05, 0.1) is 5.69 Å². The van der Waals surface area contributed by atoms with Crippen LogP contribution in [0.5, 0.6) is 5.75 Å². The first-order valence-electron chi connectivity index (χ1n) is 7.11. The van der Waals surface area contributed by atoms with Gasteiger partial charge < -0.3 is 10.1 Å². The number of nitrogens with one attached hydrogen (secondary N) is 2. The Labute approximate surface area is 133 Å². The Bertz CT molecular complexity index is 806. The van der Waals surface area contributed by atoms with Gasteiger partial charge in [0, 0.05) is 11.9 Å². The highest BCUT2D eigenvalue weighted by atomic mass is 16.5. The number of aromatic nitrogens is 2. The Balaban J connectivity index is 1.87. The molecule has 7 nitrogen and oxygen atoms in total. The fraction of sp³-hybridized carbons (Fsp3) is 0.250. The predicted molar refractivity (Wildman–Crippen MR) is 84.2 cm³/mol. The van der Waals surface area contributed by atoms with Crippen LogP contribution < -0.4 is 15.4 Å². The molecule has 2 heterocycles. The Morgan fingerprint density at radius 3 is 2.83 bits per heavy atom. The van der Waals surface area contributed by atoms with E-state index in [9.17, 15) is 9.59 Å². The summed E-state index contributed by atoms with van der Waals surface area (Å²) < 4.78 is 5.67. The second-order valence-electron chi connectivity index (χ2n) is 5.56. The van der Waals surface area contributed by atoms with Crippen molar-refractivity contribution >= 4 is 23.5 Å². The van der Waals surface area contributed by atoms with Gasteiger partial charge >= 0.3 is 0 Å². The molecular weight excluding hydrogens is 296 g/mol. The highest BCUT2D eigenvalue weighted by Gasteiger charge is 2.47. The Kier molecular flexibility index (Phi) is 3.48. The largest absolute Gasteiger partial charge is 0.466 e. The smallest absolute Gasteiger partial charge is 0.280 e. The first-order chi connectivity index (χ1) is 10.9. The third-order valence-corrected chi connectivity index (χ3v) is 3.58. The monoisotopic (exact) mass is 312 g/mol. The number of benzene rings is 1. The molecule has 0 saturated carbocycles. The van der Waals surface area contributed by atoms with Gasteiger partial charge in [-0.25, -0.2) is 9.97 Å². The van der Waals surface area contributed by atoms with E-state index >= 15 is 0 Å². The Morgan fingerprint density at radius 2 is 2.09 bits per heavy atom. The summed E-state index contributed by atoms with van der Waals surface area (Å²) in [5.41, 5.74) is 0.534. The number of amides is 2. The molecule has 0 aliphatic carbocycles. The van der Waals surface area contributed by atoms with Crippen LogP contribution in [-0.2, 0) is 9.59 Å². The van der Waals surface area contributed by atoms with Gasteiger partial charge in [-0.05, 0) is 44.5 Å². The van der Waals surface area contributed by atoms with Gasteiger partial charge in [0.15, 0.2) is 0 Å². The number of fused-ring (bicyclic) bond motifs is 1. The number of ether oxygens (including phenoxy) is 1. The summed E-state index contributed by atoms with van der Waals surface area (Å²) in [5.74, 6) is -0.604. The second-order valence-corrected chi connectivity index (χ2v) is 5.56. The maximum Gasteiger partial charge on any atom is 0.280 e. The molecule has 1 aliphatic rings. The third kappa shape index (κ3) is 2.73. The average Bonchev–Trinajstić information content (AvgIpc) is 2.49. The van der Waals surface area contributed by atoms with E-state index in [1.807, 2.05) is 13.0 Å². The van der Waals surface area contributed by atoms with Gasteiger partial charge in [0.2, 0.25) is 5.95 Å². The molecule has 1 aliphatic heterocycles. The van der Waals surface area contributed by atoms with E-state index in [1.165, 1.54) is 13.1 Å². The van der Waals surface area contributed by atoms with Crippen molar-refractivity contribution in [2.45, 2.75) is 26.4 Å². The quantitative estimate of drug-likeness (QED) is 0.825. The highest BCUT2D eigenvalue weighted by molar-refractivity contribution is 6.18. The van der Waals surface area contributed by atoms with Crippen molar-refractivity contribution in [1.82, 2.24) is 9.97 Å². The van der Waals surface area contributed by atoms with Gasteiger partial charge in [0.1, 0.15) is 5.75 Å². The molecule has 1 aromatic carbocycles. The maximum absolute atomic E-state index is 12.5. The zero-order valence-electron chi connectivity index (χ0n) is 13.0. The van der Waals surface area contributed by atoms with Gasteiger partial charge in [-0.15, -0.1) is 0 Å².